The molecule has 1 aliphatic heterocycles. The molecule has 1 aromatic carbocycles. The number of carbonyl (C=O) groups excluding carboxylic acids is 3. The van der Waals surface area contributed by atoms with E-state index in [9.17, 15) is 14.4 Å². The molecule has 1 unspecified atom stereocenters. The summed E-state index contributed by atoms with van der Waals surface area (Å²) in [5, 5.41) is 6.16. The maximum atomic E-state index is 13.5. The number of amidine groups is 1. The molecule has 4 saturated carbocycles. The van der Waals surface area contributed by atoms with Gasteiger partial charge >= 0.3 is 6.09 Å². The minimum atomic E-state index is -0.566. The Morgan fingerprint density at radius 2 is 1.63 bits per heavy atom. The van der Waals surface area contributed by atoms with Crippen molar-refractivity contribution in [2.45, 2.75) is 83.0 Å². The van der Waals surface area contributed by atoms with E-state index in [1.807, 2.05) is 17.0 Å². The smallest absolute Gasteiger partial charge is 0.407 e. The second kappa shape index (κ2) is 13.8. The van der Waals surface area contributed by atoms with Crippen molar-refractivity contribution in [2.24, 2.45) is 28.2 Å². The largest absolute Gasteiger partial charge is 0.444 e. The second-order valence-electron chi connectivity index (χ2n) is 13.7. The van der Waals surface area contributed by atoms with Crippen LogP contribution in [0.1, 0.15) is 72.1 Å². The highest BCUT2D eigenvalue weighted by Gasteiger charge is 2.51. The normalized spacial score (nSPS) is 29.2. The molecule has 9 nitrogen and oxygen atoms in total. The lowest BCUT2D eigenvalue weighted by molar-refractivity contribution is -0.131. The van der Waals surface area contributed by atoms with Gasteiger partial charge < -0.3 is 20.1 Å². The van der Waals surface area contributed by atoms with Crippen molar-refractivity contribution in [1.29, 1.82) is 0 Å². The summed E-state index contributed by atoms with van der Waals surface area (Å²) < 4.78 is 10.7. The molecular formula is C32H45ClN4O5S. The van der Waals surface area contributed by atoms with Gasteiger partial charge in [0.2, 0.25) is 11.8 Å². The number of nitrogens with zero attached hydrogens (tertiary/aromatic N) is 2. The van der Waals surface area contributed by atoms with Crippen LogP contribution < -0.4 is 10.6 Å². The summed E-state index contributed by atoms with van der Waals surface area (Å²) in [5.74, 6) is 2.31. The molecule has 0 aromatic heterocycles. The number of benzene rings is 1. The number of alkyl carbamates (subject to hydrolysis) is 1. The number of ether oxygens (including phenoxy) is 2. The molecule has 6 rings (SSSR count). The molecule has 5 aliphatic rings. The lowest BCUT2D eigenvalue weighted by Gasteiger charge is -2.57. The van der Waals surface area contributed by atoms with Gasteiger partial charge in [-0.2, -0.15) is 0 Å². The van der Waals surface area contributed by atoms with Gasteiger partial charge in [-0.05, 0) is 113 Å². The molecule has 1 atom stereocenters. The summed E-state index contributed by atoms with van der Waals surface area (Å²) in [5.41, 5.74) is 0.495. The number of aliphatic imine (C=N–C) groups is 1. The molecule has 11 heteroatoms. The monoisotopic (exact) mass is 632 g/mol. The van der Waals surface area contributed by atoms with Crippen molar-refractivity contribution in [3.05, 3.63) is 29.3 Å². The van der Waals surface area contributed by atoms with Gasteiger partial charge in [0.05, 0.1) is 24.2 Å². The summed E-state index contributed by atoms with van der Waals surface area (Å²) in [6.45, 7) is 7.24. The molecular weight excluding hydrogens is 588 g/mol. The topological polar surface area (TPSA) is 109 Å². The molecule has 0 radical (unpaired) electrons. The Morgan fingerprint density at radius 1 is 1.02 bits per heavy atom. The number of thioether (sulfide) groups is 1. The molecule has 4 aliphatic carbocycles. The van der Waals surface area contributed by atoms with E-state index in [-0.39, 0.29) is 24.8 Å². The van der Waals surface area contributed by atoms with Crippen molar-refractivity contribution < 1.29 is 23.9 Å². The van der Waals surface area contributed by atoms with Crippen molar-refractivity contribution in [2.75, 3.05) is 32.8 Å². The van der Waals surface area contributed by atoms with Crippen molar-refractivity contribution in [3.8, 4) is 0 Å². The third-order valence-electron chi connectivity index (χ3n) is 8.97. The Bertz CT molecular complexity index is 1170. The van der Waals surface area contributed by atoms with E-state index in [2.05, 4.69) is 10.6 Å². The van der Waals surface area contributed by atoms with Gasteiger partial charge in [-0.15, -0.1) is 0 Å². The molecule has 0 spiro atoms. The van der Waals surface area contributed by atoms with Crippen LogP contribution >= 0.6 is 23.4 Å². The maximum absolute atomic E-state index is 13.5. The fraction of sp³-hybridized carbons (Fsp3) is 0.688. The highest BCUT2D eigenvalue weighted by atomic mass is 35.5. The van der Waals surface area contributed by atoms with Crippen LogP contribution in [0.25, 0.3) is 0 Å². The Balaban J connectivity index is 1.14. The fourth-order valence-electron chi connectivity index (χ4n) is 7.63. The van der Waals surface area contributed by atoms with E-state index in [4.69, 9.17) is 26.1 Å². The van der Waals surface area contributed by atoms with E-state index < -0.39 is 16.9 Å². The molecule has 1 saturated heterocycles. The average molecular weight is 633 g/mol. The minimum Gasteiger partial charge on any atom is -0.444 e. The van der Waals surface area contributed by atoms with Crippen LogP contribution in [0.5, 0.6) is 0 Å². The van der Waals surface area contributed by atoms with Gasteiger partial charge in [-0.3, -0.25) is 14.5 Å². The first-order valence-electron chi connectivity index (χ1n) is 15.6. The van der Waals surface area contributed by atoms with Crippen LogP contribution in [0.4, 0.5) is 10.5 Å². The van der Waals surface area contributed by atoms with Gasteiger partial charge in [-0.25, -0.2) is 9.79 Å². The number of nitrogens with one attached hydrogen (secondary N) is 2. The molecule has 43 heavy (non-hydrogen) atoms. The Morgan fingerprint density at radius 3 is 2.23 bits per heavy atom. The SMILES string of the molecule is CC(C)(C)OC(=O)NCCOCCNC(=O)C1CC(=O)N(CCC23CC4CC(CC(C4)C2)C3)C(=Nc2ccc(Cl)cc2)S1. The standard InChI is InChI=1S/C32H45ClN4O5S/c1-31(2,3)42-30(40)35-10-13-41-12-9-34-28(39)26-17-27(38)37(29(43-26)36-25-6-4-24(33)5-7-25)11-8-32-18-21-14-22(19-32)16-23(15-21)20-32/h4-7,21-23,26H,8-20H2,1-3H3,(H,34,39)(H,35,40). The average Bonchev–Trinajstić information content (AvgIpc) is 2.91. The van der Waals surface area contributed by atoms with Crippen LogP contribution in [0.3, 0.4) is 0 Å². The van der Waals surface area contributed by atoms with E-state index in [0.717, 1.165) is 24.2 Å². The van der Waals surface area contributed by atoms with Gasteiger partial charge in [0.15, 0.2) is 5.17 Å². The Kier molecular flexibility index (Phi) is 10.3. The third kappa shape index (κ3) is 8.88. The Labute approximate surface area is 264 Å². The van der Waals surface area contributed by atoms with Crippen LogP contribution in [-0.4, -0.2) is 71.7 Å². The molecule has 3 amide bonds. The number of rotatable bonds is 11. The molecule has 1 heterocycles. The van der Waals surface area contributed by atoms with E-state index in [0.29, 0.717) is 47.5 Å². The maximum Gasteiger partial charge on any atom is 0.407 e. The van der Waals surface area contributed by atoms with E-state index in [1.165, 1.54) is 50.3 Å². The van der Waals surface area contributed by atoms with E-state index >= 15 is 0 Å². The summed E-state index contributed by atoms with van der Waals surface area (Å²) in [6, 6.07) is 7.22. The summed E-state index contributed by atoms with van der Waals surface area (Å²) in [4.78, 5) is 45.0. The molecule has 1 aromatic rings. The first kappa shape index (κ1) is 32.1. The number of carbonyl (C=O) groups is 3. The lowest BCUT2D eigenvalue weighted by Crippen LogP contribution is -2.50. The third-order valence-corrected chi connectivity index (χ3v) is 10.4. The first-order chi connectivity index (χ1) is 20.5. The zero-order valence-corrected chi connectivity index (χ0v) is 27.1. The number of amides is 3. The zero-order valence-electron chi connectivity index (χ0n) is 25.5. The van der Waals surface area contributed by atoms with Gasteiger partial charge in [-0.1, -0.05) is 23.4 Å². The predicted molar refractivity (Wildman–Crippen MR) is 170 cm³/mol. The van der Waals surface area contributed by atoms with E-state index in [1.54, 1.807) is 32.9 Å². The van der Waals surface area contributed by atoms with Crippen molar-refractivity contribution in [3.63, 3.8) is 0 Å². The van der Waals surface area contributed by atoms with Gasteiger partial charge in [0.1, 0.15) is 5.60 Å². The van der Waals surface area contributed by atoms with Gasteiger partial charge in [0.25, 0.3) is 0 Å². The van der Waals surface area contributed by atoms with Crippen LogP contribution in [0, 0.1) is 23.2 Å². The van der Waals surface area contributed by atoms with Crippen LogP contribution in [0.2, 0.25) is 5.02 Å². The van der Waals surface area contributed by atoms with Crippen molar-refractivity contribution in [1.82, 2.24) is 15.5 Å². The minimum absolute atomic E-state index is 0.0548. The fourth-order valence-corrected chi connectivity index (χ4v) is 8.91. The molecule has 236 valence electrons. The second-order valence-corrected chi connectivity index (χ2v) is 15.3. The van der Waals surface area contributed by atoms with Crippen LogP contribution in [0.15, 0.2) is 29.3 Å². The highest BCUT2D eigenvalue weighted by Crippen LogP contribution is 2.61. The number of halogens is 1. The molecule has 5 fully saturated rings. The molecule has 4 bridgehead atoms. The number of hydrogen-bond acceptors (Lipinski definition) is 7. The summed E-state index contributed by atoms with van der Waals surface area (Å²) >= 11 is 7.45. The highest BCUT2D eigenvalue weighted by molar-refractivity contribution is 8.15. The first-order valence-corrected chi connectivity index (χ1v) is 16.9. The quantitative estimate of drug-likeness (QED) is 0.293. The van der Waals surface area contributed by atoms with Crippen molar-refractivity contribution >= 4 is 52.1 Å². The number of hydrogen-bond donors (Lipinski definition) is 2. The summed E-state index contributed by atoms with van der Waals surface area (Å²) in [7, 11) is 0. The zero-order chi connectivity index (χ0) is 30.6. The Hall–Kier alpha value is -2.30. The van der Waals surface area contributed by atoms with Crippen LogP contribution in [-0.2, 0) is 19.1 Å². The molecule has 2 N–H and O–H groups in total. The van der Waals surface area contributed by atoms with Gasteiger partial charge in [0, 0.05) is 31.1 Å². The predicted octanol–water partition coefficient (Wildman–Crippen LogP) is 5.93. The lowest BCUT2D eigenvalue weighted by atomic mass is 9.49. The summed E-state index contributed by atoms with van der Waals surface area (Å²) in [6.07, 6.45) is 8.71.